The van der Waals surface area contributed by atoms with E-state index in [0.29, 0.717) is 17.8 Å². The molecule has 1 unspecified atom stereocenters. The second-order valence-electron chi connectivity index (χ2n) is 3.88. The third kappa shape index (κ3) is 2.11. The molecular formula is C12H12F3N3. The highest BCUT2D eigenvalue weighted by Crippen LogP contribution is 2.26. The van der Waals surface area contributed by atoms with Crippen LogP contribution in [0.4, 0.5) is 13.2 Å². The Bertz CT molecular complexity index is 542. The Morgan fingerprint density at radius 1 is 1.22 bits per heavy atom. The van der Waals surface area contributed by atoms with Crippen molar-refractivity contribution in [2.75, 3.05) is 7.05 Å². The summed E-state index contributed by atoms with van der Waals surface area (Å²) in [5.74, 6) is -2.78. The number of hydrogen-bond donors (Lipinski definition) is 1. The van der Waals surface area contributed by atoms with E-state index >= 15 is 0 Å². The molecule has 0 aliphatic heterocycles. The van der Waals surface area contributed by atoms with Crippen molar-refractivity contribution in [3.8, 4) is 0 Å². The molecule has 0 bridgehead atoms. The minimum atomic E-state index is -0.936. The molecule has 0 radical (unpaired) electrons. The van der Waals surface area contributed by atoms with Crippen LogP contribution in [0.1, 0.15) is 17.3 Å². The Kier molecular flexibility index (Phi) is 3.38. The van der Waals surface area contributed by atoms with Crippen molar-refractivity contribution in [3.05, 3.63) is 53.1 Å². The largest absolute Gasteiger partial charge is 0.308 e. The number of nitrogens with zero attached hydrogens (tertiary/aromatic N) is 2. The van der Waals surface area contributed by atoms with Gasteiger partial charge in [-0.1, -0.05) is 0 Å². The predicted molar refractivity (Wildman–Crippen MR) is 60.4 cm³/mol. The van der Waals surface area contributed by atoms with Crippen LogP contribution in [0.25, 0.3) is 0 Å². The van der Waals surface area contributed by atoms with E-state index < -0.39 is 23.5 Å². The molecular weight excluding hydrogens is 243 g/mol. The van der Waals surface area contributed by atoms with Gasteiger partial charge in [0.25, 0.3) is 0 Å². The lowest BCUT2D eigenvalue weighted by molar-refractivity contribution is 0.489. The number of aryl methyl sites for hydroxylation is 1. The summed E-state index contributed by atoms with van der Waals surface area (Å²) in [6, 6.07) is 2.25. The van der Waals surface area contributed by atoms with Gasteiger partial charge in [0.1, 0.15) is 17.5 Å². The van der Waals surface area contributed by atoms with Gasteiger partial charge in [0.15, 0.2) is 0 Å². The van der Waals surface area contributed by atoms with Gasteiger partial charge in [-0.3, -0.25) is 4.68 Å². The van der Waals surface area contributed by atoms with E-state index in [0.717, 1.165) is 0 Å². The maximum atomic E-state index is 13.7. The maximum absolute atomic E-state index is 13.7. The lowest BCUT2D eigenvalue weighted by atomic mass is 10.0. The van der Waals surface area contributed by atoms with Gasteiger partial charge in [-0.2, -0.15) is 5.10 Å². The first-order chi connectivity index (χ1) is 8.54. The molecule has 0 aliphatic rings. The highest BCUT2D eigenvalue weighted by Gasteiger charge is 2.23. The summed E-state index contributed by atoms with van der Waals surface area (Å²) in [5, 5.41) is 6.74. The molecule has 1 heterocycles. The Hall–Kier alpha value is -1.82. The van der Waals surface area contributed by atoms with Crippen LogP contribution in [-0.4, -0.2) is 16.8 Å². The third-order valence-corrected chi connectivity index (χ3v) is 2.78. The average molecular weight is 255 g/mol. The van der Waals surface area contributed by atoms with Crippen LogP contribution in [-0.2, 0) is 7.05 Å². The summed E-state index contributed by atoms with van der Waals surface area (Å²) >= 11 is 0. The minimum absolute atomic E-state index is 0.220. The summed E-state index contributed by atoms with van der Waals surface area (Å²) in [6.07, 6.45) is 1.53. The molecule has 1 aromatic carbocycles. The molecule has 6 heteroatoms. The van der Waals surface area contributed by atoms with Gasteiger partial charge in [-0.05, 0) is 13.1 Å². The maximum Gasteiger partial charge on any atom is 0.134 e. The molecule has 2 aromatic rings. The zero-order valence-corrected chi connectivity index (χ0v) is 9.92. The van der Waals surface area contributed by atoms with Gasteiger partial charge in [-0.25, -0.2) is 13.2 Å². The molecule has 3 nitrogen and oxygen atoms in total. The number of rotatable bonds is 3. The van der Waals surface area contributed by atoms with Crippen molar-refractivity contribution in [2.45, 2.75) is 6.04 Å². The number of benzene rings is 1. The molecule has 0 fully saturated rings. The summed E-state index contributed by atoms with van der Waals surface area (Å²) in [7, 11) is 3.24. The molecule has 1 N–H and O–H groups in total. The minimum Gasteiger partial charge on any atom is -0.308 e. The zero-order valence-electron chi connectivity index (χ0n) is 9.92. The number of nitrogens with one attached hydrogen (secondary N) is 1. The fourth-order valence-corrected chi connectivity index (χ4v) is 1.94. The molecule has 18 heavy (non-hydrogen) atoms. The molecule has 0 saturated heterocycles. The number of halogens is 3. The normalized spacial score (nSPS) is 12.7. The molecule has 0 amide bonds. The van der Waals surface area contributed by atoms with Gasteiger partial charge >= 0.3 is 0 Å². The molecule has 0 spiro atoms. The quantitative estimate of drug-likeness (QED) is 0.910. The standard InChI is InChI=1S/C12H12F3N3/c1-16-12(10-3-4-17-18(10)2)11-8(14)5-7(13)6-9(11)15/h3-6,12,16H,1-2H3. The van der Waals surface area contributed by atoms with Crippen LogP contribution in [0, 0.1) is 17.5 Å². The second-order valence-corrected chi connectivity index (χ2v) is 3.88. The van der Waals surface area contributed by atoms with E-state index in [1.165, 1.54) is 10.9 Å². The highest BCUT2D eigenvalue weighted by atomic mass is 19.1. The van der Waals surface area contributed by atoms with Gasteiger partial charge in [0.2, 0.25) is 0 Å². The Morgan fingerprint density at radius 3 is 2.28 bits per heavy atom. The smallest absolute Gasteiger partial charge is 0.134 e. The van der Waals surface area contributed by atoms with E-state index in [-0.39, 0.29) is 5.56 Å². The topological polar surface area (TPSA) is 29.9 Å². The first kappa shape index (κ1) is 12.6. The van der Waals surface area contributed by atoms with Crippen LogP contribution in [0.15, 0.2) is 24.4 Å². The lowest BCUT2D eigenvalue weighted by Gasteiger charge is -2.18. The summed E-state index contributed by atoms with van der Waals surface area (Å²) in [6.45, 7) is 0. The monoisotopic (exact) mass is 255 g/mol. The van der Waals surface area contributed by atoms with Crippen LogP contribution in [0.5, 0.6) is 0 Å². The number of aromatic nitrogens is 2. The summed E-state index contributed by atoms with van der Waals surface area (Å²) < 4.78 is 41.8. The molecule has 0 saturated carbocycles. The Labute approximate surface area is 102 Å². The third-order valence-electron chi connectivity index (χ3n) is 2.78. The molecule has 1 atom stereocenters. The van der Waals surface area contributed by atoms with Gasteiger partial charge in [0, 0.05) is 30.9 Å². The van der Waals surface area contributed by atoms with Crippen LogP contribution in [0.3, 0.4) is 0 Å². The Morgan fingerprint density at radius 2 is 1.83 bits per heavy atom. The molecule has 96 valence electrons. The predicted octanol–water partition coefficient (Wildman–Crippen LogP) is 2.15. The molecule has 0 aliphatic carbocycles. The second kappa shape index (κ2) is 4.81. The van der Waals surface area contributed by atoms with E-state index in [2.05, 4.69) is 10.4 Å². The lowest BCUT2D eigenvalue weighted by Crippen LogP contribution is -2.23. The van der Waals surface area contributed by atoms with Gasteiger partial charge < -0.3 is 5.32 Å². The van der Waals surface area contributed by atoms with Crippen molar-refractivity contribution in [2.24, 2.45) is 7.05 Å². The van der Waals surface area contributed by atoms with E-state index in [9.17, 15) is 13.2 Å². The average Bonchev–Trinajstić information content (AvgIpc) is 2.69. The highest BCUT2D eigenvalue weighted by molar-refractivity contribution is 5.30. The zero-order chi connectivity index (χ0) is 13.3. The van der Waals surface area contributed by atoms with Gasteiger partial charge in [-0.15, -0.1) is 0 Å². The molecule has 1 aromatic heterocycles. The van der Waals surface area contributed by atoms with Gasteiger partial charge in [0.05, 0.1) is 11.7 Å². The van der Waals surface area contributed by atoms with Crippen LogP contribution >= 0.6 is 0 Å². The summed E-state index contributed by atoms with van der Waals surface area (Å²) in [5.41, 5.74) is 0.365. The van der Waals surface area contributed by atoms with E-state index in [1.807, 2.05) is 0 Å². The SMILES string of the molecule is CNC(c1c(F)cc(F)cc1F)c1ccnn1C. The number of hydrogen-bond acceptors (Lipinski definition) is 2. The van der Waals surface area contributed by atoms with Crippen molar-refractivity contribution in [1.82, 2.24) is 15.1 Å². The summed E-state index contributed by atoms with van der Waals surface area (Å²) in [4.78, 5) is 0. The van der Waals surface area contributed by atoms with Crippen molar-refractivity contribution in [3.63, 3.8) is 0 Å². The van der Waals surface area contributed by atoms with Crippen LogP contribution < -0.4 is 5.32 Å². The van der Waals surface area contributed by atoms with Crippen molar-refractivity contribution < 1.29 is 13.2 Å². The van der Waals surface area contributed by atoms with Crippen molar-refractivity contribution >= 4 is 0 Å². The Balaban J connectivity index is 2.56. The fourth-order valence-electron chi connectivity index (χ4n) is 1.94. The van der Waals surface area contributed by atoms with E-state index in [4.69, 9.17) is 0 Å². The first-order valence-electron chi connectivity index (χ1n) is 5.34. The van der Waals surface area contributed by atoms with E-state index in [1.54, 1.807) is 20.2 Å². The fraction of sp³-hybridized carbons (Fsp3) is 0.250. The van der Waals surface area contributed by atoms with Crippen molar-refractivity contribution in [1.29, 1.82) is 0 Å². The first-order valence-corrected chi connectivity index (χ1v) is 5.34. The molecule has 2 rings (SSSR count). The van der Waals surface area contributed by atoms with Crippen LogP contribution in [0.2, 0.25) is 0 Å².